The second kappa shape index (κ2) is 21.7. The second-order valence-electron chi connectivity index (χ2n) is 18.5. The Morgan fingerprint density at radius 2 is 1.55 bits per heavy atom. The van der Waals surface area contributed by atoms with Crippen LogP contribution in [0, 0.1) is 0 Å². The summed E-state index contributed by atoms with van der Waals surface area (Å²) in [5, 5.41) is 18.1. The van der Waals surface area contributed by atoms with Crippen LogP contribution in [0.1, 0.15) is 89.4 Å². The summed E-state index contributed by atoms with van der Waals surface area (Å²) in [6, 6.07) is 28.4. The third kappa shape index (κ3) is 11.1. The molecule has 3 heterocycles. The number of anilines is 5. The van der Waals surface area contributed by atoms with E-state index < -0.39 is 12.3 Å². The molecule has 3 atom stereocenters. The van der Waals surface area contributed by atoms with Crippen LogP contribution < -0.4 is 44.3 Å². The summed E-state index contributed by atoms with van der Waals surface area (Å²) in [4.78, 5) is 46.0. The van der Waals surface area contributed by atoms with Gasteiger partial charge in [0.25, 0.3) is 5.91 Å². The van der Waals surface area contributed by atoms with Gasteiger partial charge in [0.15, 0.2) is 29.3 Å². The zero-order chi connectivity index (χ0) is 48.8. The maximum absolute atomic E-state index is 14.1. The molecule has 0 spiro atoms. The lowest BCUT2D eigenvalue weighted by Gasteiger charge is -2.26. The van der Waals surface area contributed by atoms with Gasteiger partial charge < -0.3 is 49.4 Å². The normalized spacial score (nSPS) is 16.9. The number of amides is 2. The van der Waals surface area contributed by atoms with E-state index in [1.54, 1.807) is 48.2 Å². The Hall–Kier alpha value is -6.03. The minimum Gasteiger partial charge on any atom is -0.493 e. The van der Waals surface area contributed by atoms with Crippen LogP contribution in [-0.2, 0) is 30.8 Å². The van der Waals surface area contributed by atoms with Crippen molar-refractivity contribution in [2.24, 2.45) is 0 Å². The first-order valence-corrected chi connectivity index (χ1v) is 25.9. The SMILES string of the molecule is CCCCSSC(C)(C)CCC(=O)N(C)c1cc(COc2cc(NCC3Cc4ccccc4N3C)c(C=O)cc2OC)cc(COc2cc3c(cc2OC)C(=O)N2c4ccccc4CC2[C@@H](O)N3)c1. The summed E-state index contributed by atoms with van der Waals surface area (Å²) in [5.74, 6) is 2.38. The van der Waals surface area contributed by atoms with Crippen molar-refractivity contribution in [1.82, 2.24) is 0 Å². The van der Waals surface area contributed by atoms with Gasteiger partial charge in [-0.1, -0.05) is 71.3 Å². The number of likely N-dealkylation sites (N-methyl/N-ethyl adjacent to an activating group) is 1. The van der Waals surface area contributed by atoms with Crippen molar-refractivity contribution in [2.75, 3.05) is 65.9 Å². The van der Waals surface area contributed by atoms with E-state index >= 15 is 0 Å². The van der Waals surface area contributed by atoms with E-state index in [1.165, 1.54) is 18.4 Å². The molecule has 3 aliphatic heterocycles. The number of nitrogens with zero attached hydrogens (tertiary/aromatic N) is 3. The van der Waals surface area contributed by atoms with E-state index in [2.05, 4.69) is 61.6 Å². The van der Waals surface area contributed by atoms with Gasteiger partial charge in [0.05, 0.1) is 37.6 Å². The number of hydrogen-bond acceptors (Lipinski definition) is 13. The number of carbonyl (C=O) groups excluding carboxylic acids is 3. The number of aliphatic hydroxyl groups is 1. The Morgan fingerprint density at radius 3 is 2.22 bits per heavy atom. The fraction of sp³-hybridized carbons (Fsp3) is 0.389. The van der Waals surface area contributed by atoms with Gasteiger partial charge in [-0.3, -0.25) is 14.4 Å². The van der Waals surface area contributed by atoms with Gasteiger partial charge in [0.1, 0.15) is 19.4 Å². The van der Waals surface area contributed by atoms with E-state index in [1.807, 2.05) is 70.1 Å². The number of hydrogen-bond donors (Lipinski definition) is 3. The molecule has 5 aromatic rings. The van der Waals surface area contributed by atoms with Gasteiger partial charge in [-0.15, -0.1) is 0 Å². The van der Waals surface area contributed by atoms with E-state index in [0.717, 1.165) is 53.7 Å². The standard InChI is InChI=1S/C54H63N5O8S2/c1-8-9-20-68-69-54(2,3)19-18-51(61)58(5)39-22-34(32-66-49-28-42(38(31-60)26-47(49)64-6)55-30-40-24-36-14-10-12-16-44(36)57(40)4)21-35(23-39)33-67-50-29-43-41(27-48(50)65-7)53(63)59-45-17-13-11-15-37(45)25-46(59)52(62)56-43/h10-17,21-23,26-29,31,40,46,52,55-56,62H,8-9,18-20,24-25,30,32-33H2,1-7H3/t40?,46?,52-/m1/s1. The zero-order valence-electron chi connectivity index (χ0n) is 40.5. The Bertz CT molecular complexity index is 2680. The molecule has 0 saturated heterocycles. The van der Waals surface area contributed by atoms with Crippen molar-refractivity contribution >= 4 is 68.1 Å². The molecule has 3 aliphatic rings. The van der Waals surface area contributed by atoms with Crippen molar-refractivity contribution in [3.8, 4) is 23.0 Å². The number of rotatable bonds is 21. The Morgan fingerprint density at radius 1 is 0.899 bits per heavy atom. The fourth-order valence-electron chi connectivity index (χ4n) is 9.18. The molecule has 0 radical (unpaired) electrons. The highest BCUT2D eigenvalue weighted by molar-refractivity contribution is 8.77. The molecular formula is C54H63N5O8S2. The Balaban J connectivity index is 1.04. The lowest BCUT2D eigenvalue weighted by molar-refractivity contribution is -0.118. The molecule has 3 N–H and O–H groups in total. The number of ether oxygens (including phenoxy) is 4. The molecular weight excluding hydrogens is 911 g/mol. The Labute approximate surface area is 413 Å². The van der Waals surface area contributed by atoms with E-state index in [9.17, 15) is 19.5 Å². The minimum atomic E-state index is -1.04. The van der Waals surface area contributed by atoms with Crippen LogP contribution in [0.3, 0.4) is 0 Å². The summed E-state index contributed by atoms with van der Waals surface area (Å²) in [5.41, 5.74) is 8.31. The van der Waals surface area contributed by atoms with Gasteiger partial charge in [-0.2, -0.15) is 0 Å². The minimum absolute atomic E-state index is 0.0186. The summed E-state index contributed by atoms with van der Waals surface area (Å²) in [7, 11) is 10.6. The summed E-state index contributed by atoms with van der Waals surface area (Å²) in [6.07, 6.45) is 4.57. The molecule has 364 valence electrons. The summed E-state index contributed by atoms with van der Waals surface area (Å²) in [6.45, 7) is 7.34. The van der Waals surface area contributed by atoms with E-state index in [4.69, 9.17) is 18.9 Å². The third-order valence-corrected chi connectivity index (χ3v) is 16.6. The van der Waals surface area contributed by atoms with Crippen LogP contribution in [0.25, 0.3) is 0 Å². The van der Waals surface area contributed by atoms with Crippen LogP contribution in [0.15, 0.2) is 91.0 Å². The average molecular weight is 974 g/mol. The summed E-state index contributed by atoms with van der Waals surface area (Å²) < 4.78 is 24.5. The molecule has 8 rings (SSSR count). The topological polar surface area (TPSA) is 142 Å². The number of nitrogens with one attached hydrogen (secondary N) is 2. The van der Waals surface area contributed by atoms with Gasteiger partial charge in [0.2, 0.25) is 5.91 Å². The van der Waals surface area contributed by atoms with Gasteiger partial charge in [-0.05, 0) is 104 Å². The quantitative estimate of drug-likeness (QED) is 0.0365. The molecule has 15 heteroatoms. The lowest BCUT2D eigenvalue weighted by atomic mass is 10.1. The molecule has 2 unspecified atom stereocenters. The maximum atomic E-state index is 14.1. The smallest absolute Gasteiger partial charge is 0.260 e. The van der Waals surface area contributed by atoms with E-state index in [0.29, 0.717) is 77.0 Å². The van der Waals surface area contributed by atoms with Crippen molar-refractivity contribution in [2.45, 2.75) is 95.6 Å². The number of methoxy groups -OCH3 is 2. The average Bonchev–Trinajstić information content (AvgIpc) is 3.89. The lowest BCUT2D eigenvalue weighted by Crippen LogP contribution is -2.45. The van der Waals surface area contributed by atoms with Crippen molar-refractivity contribution in [3.05, 3.63) is 124 Å². The largest absolute Gasteiger partial charge is 0.493 e. The highest BCUT2D eigenvalue weighted by Crippen LogP contribution is 2.43. The molecule has 69 heavy (non-hydrogen) atoms. The first kappa shape index (κ1) is 49.4. The van der Waals surface area contributed by atoms with Gasteiger partial charge >= 0.3 is 0 Å². The van der Waals surface area contributed by atoms with Crippen LogP contribution in [0.4, 0.5) is 28.4 Å². The van der Waals surface area contributed by atoms with Crippen LogP contribution in [0.5, 0.6) is 23.0 Å². The number of aldehydes is 1. The summed E-state index contributed by atoms with van der Waals surface area (Å²) >= 11 is 0. The second-order valence-corrected chi connectivity index (χ2v) is 21.6. The molecule has 5 aromatic carbocycles. The van der Waals surface area contributed by atoms with Gasteiger partial charge in [-0.25, -0.2) is 0 Å². The fourth-order valence-corrected chi connectivity index (χ4v) is 12.0. The van der Waals surface area contributed by atoms with Crippen LogP contribution >= 0.6 is 21.6 Å². The third-order valence-electron chi connectivity index (χ3n) is 13.2. The van der Waals surface area contributed by atoms with Crippen molar-refractivity contribution in [1.29, 1.82) is 0 Å². The molecule has 0 aliphatic carbocycles. The van der Waals surface area contributed by atoms with Crippen molar-refractivity contribution < 1.29 is 38.4 Å². The molecule has 13 nitrogen and oxygen atoms in total. The number of benzene rings is 5. The van der Waals surface area contributed by atoms with E-state index in [-0.39, 0.29) is 35.8 Å². The molecule has 0 saturated carbocycles. The molecule has 2 amide bonds. The predicted octanol–water partition coefficient (Wildman–Crippen LogP) is 10.2. The molecule has 0 bridgehead atoms. The van der Waals surface area contributed by atoms with Crippen molar-refractivity contribution in [3.63, 3.8) is 0 Å². The zero-order valence-corrected chi connectivity index (χ0v) is 42.1. The molecule has 0 aromatic heterocycles. The van der Waals surface area contributed by atoms with Crippen LogP contribution in [0.2, 0.25) is 0 Å². The number of aliphatic hydroxyl groups excluding tert-OH is 1. The highest BCUT2D eigenvalue weighted by Gasteiger charge is 2.42. The Kier molecular flexibility index (Phi) is 15.6. The first-order chi connectivity index (χ1) is 33.3. The maximum Gasteiger partial charge on any atom is 0.260 e. The number of carbonyl (C=O) groups is 3. The number of para-hydroxylation sites is 2. The predicted molar refractivity (Wildman–Crippen MR) is 279 cm³/mol. The van der Waals surface area contributed by atoms with Gasteiger partial charge in [0, 0.05) is 78.0 Å². The monoisotopic (exact) mass is 973 g/mol. The number of unbranched alkanes of at least 4 members (excludes halogenated alkanes) is 1. The van der Waals surface area contributed by atoms with Crippen LogP contribution in [-0.4, -0.2) is 86.9 Å². The number of fused-ring (bicyclic) bond motifs is 5. The first-order valence-electron chi connectivity index (χ1n) is 23.6. The molecule has 0 fully saturated rings. The highest BCUT2D eigenvalue weighted by atomic mass is 33.1.